The smallest absolute Gasteiger partial charge is 0.153 e. The summed E-state index contributed by atoms with van der Waals surface area (Å²) in [5, 5.41) is 0. The van der Waals surface area contributed by atoms with Gasteiger partial charge in [-0.3, -0.25) is 4.79 Å². The topological polar surface area (TPSA) is 33.2 Å². The number of hydrogen-bond donors (Lipinski definition) is 0. The summed E-state index contributed by atoms with van der Waals surface area (Å²) in [7, 11) is 0. The standard InChI is InChI=1S/C12H14N2O/c1-10-4-7-14(8-5-10)12-11(9-15)3-2-6-13-12/h2-3,6,9H,1,4-5,7-8H2. The summed E-state index contributed by atoms with van der Waals surface area (Å²) >= 11 is 0. The van der Waals surface area contributed by atoms with Crippen LogP contribution >= 0.6 is 0 Å². The van der Waals surface area contributed by atoms with Gasteiger partial charge in [0.1, 0.15) is 5.82 Å². The lowest BCUT2D eigenvalue weighted by atomic mass is 10.1. The highest BCUT2D eigenvalue weighted by molar-refractivity contribution is 5.82. The quantitative estimate of drug-likeness (QED) is 0.543. The first-order valence-corrected chi connectivity index (χ1v) is 5.13. The largest absolute Gasteiger partial charge is 0.355 e. The van der Waals surface area contributed by atoms with Crippen molar-refractivity contribution in [1.82, 2.24) is 4.98 Å². The van der Waals surface area contributed by atoms with Crippen LogP contribution in [0.4, 0.5) is 5.82 Å². The molecule has 1 aliphatic heterocycles. The van der Waals surface area contributed by atoms with Crippen molar-refractivity contribution >= 4 is 12.1 Å². The Balaban J connectivity index is 2.21. The SMILES string of the molecule is C=C1CCN(c2ncccc2C=O)CC1. The number of hydrogen-bond acceptors (Lipinski definition) is 3. The number of aromatic nitrogens is 1. The summed E-state index contributed by atoms with van der Waals surface area (Å²) in [6.07, 6.45) is 4.58. The van der Waals surface area contributed by atoms with Crippen LogP contribution < -0.4 is 4.90 Å². The number of piperidine rings is 1. The van der Waals surface area contributed by atoms with Crippen molar-refractivity contribution in [3.63, 3.8) is 0 Å². The average molecular weight is 202 g/mol. The summed E-state index contributed by atoms with van der Waals surface area (Å²) in [4.78, 5) is 17.3. The zero-order chi connectivity index (χ0) is 10.7. The van der Waals surface area contributed by atoms with Crippen molar-refractivity contribution in [1.29, 1.82) is 0 Å². The minimum absolute atomic E-state index is 0.671. The maximum atomic E-state index is 10.9. The van der Waals surface area contributed by atoms with E-state index in [0.717, 1.165) is 38.0 Å². The van der Waals surface area contributed by atoms with Crippen LogP contribution in [0.15, 0.2) is 30.5 Å². The molecular formula is C12H14N2O. The van der Waals surface area contributed by atoms with Crippen LogP contribution in [0.3, 0.4) is 0 Å². The zero-order valence-electron chi connectivity index (χ0n) is 8.65. The molecule has 0 aliphatic carbocycles. The molecule has 0 amide bonds. The third kappa shape index (κ3) is 2.06. The first-order chi connectivity index (χ1) is 7.31. The molecule has 0 bridgehead atoms. The molecule has 0 atom stereocenters. The minimum Gasteiger partial charge on any atom is -0.355 e. The van der Waals surface area contributed by atoms with E-state index in [1.807, 2.05) is 0 Å². The summed E-state index contributed by atoms with van der Waals surface area (Å²) in [6, 6.07) is 3.59. The van der Waals surface area contributed by atoms with Gasteiger partial charge in [-0.1, -0.05) is 12.2 Å². The van der Waals surface area contributed by atoms with Crippen molar-refractivity contribution in [2.75, 3.05) is 18.0 Å². The van der Waals surface area contributed by atoms with Gasteiger partial charge >= 0.3 is 0 Å². The number of rotatable bonds is 2. The Morgan fingerprint density at radius 1 is 1.40 bits per heavy atom. The normalized spacial score (nSPS) is 16.5. The van der Waals surface area contributed by atoms with E-state index < -0.39 is 0 Å². The molecule has 1 aromatic rings. The lowest BCUT2D eigenvalue weighted by Crippen LogP contribution is -2.31. The molecule has 0 spiro atoms. The average Bonchev–Trinajstić information content (AvgIpc) is 2.30. The molecule has 0 radical (unpaired) electrons. The molecule has 3 heteroatoms. The van der Waals surface area contributed by atoms with Gasteiger partial charge in [0, 0.05) is 19.3 Å². The predicted octanol–water partition coefficient (Wildman–Crippen LogP) is 2.05. The van der Waals surface area contributed by atoms with Gasteiger partial charge in [-0.15, -0.1) is 0 Å². The number of anilines is 1. The van der Waals surface area contributed by atoms with E-state index in [1.54, 1.807) is 18.3 Å². The van der Waals surface area contributed by atoms with Crippen LogP contribution in [0.1, 0.15) is 23.2 Å². The van der Waals surface area contributed by atoms with Crippen molar-refractivity contribution in [3.8, 4) is 0 Å². The molecule has 78 valence electrons. The van der Waals surface area contributed by atoms with E-state index in [1.165, 1.54) is 5.57 Å². The van der Waals surface area contributed by atoms with Crippen LogP contribution in [0.5, 0.6) is 0 Å². The lowest BCUT2D eigenvalue weighted by Gasteiger charge is -2.29. The summed E-state index contributed by atoms with van der Waals surface area (Å²) in [5.41, 5.74) is 1.96. The maximum Gasteiger partial charge on any atom is 0.153 e. The van der Waals surface area contributed by atoms with E-state index in [0.29, 0.717) is 5.56 Å². The van der Waals surface area contributed by atoms with Gasteiger partial charge in [-0.05, 0) is 25.0 Å². The fourth-order valence-electron chi connectivity index (χ4n) is 1.80. The van der Waals surface area contributed by atoms with Crippen LogP contribution in [0, 0.1) is 0 Å². The Morgan fingerprint density at radius 3 is 2.80 bits per heavy atom. The van der Waals surface area contributed by atoms with E-state index in [-0.39, 0.29) is 0 Å². The Labute approximate surface area is 89.4 Å². The second-order valence-electron chi connectivity index (χ2n) is 3.77. The molecule has 0 aromatic carbocycles. The first-order valence-electron chi connectivity index (χ1n) is 5.13. The Bertz CT molecular complexity index is 377. The van der Waals surface area contributed by atoms with Gasteiger partial charge in [-0.2, -0.15) is 0 Å². The van der Waals surface area contributed by atoms with Gasteiger partial charge in [0.25, 0.3) is 0 Å². The number of carbonyl (C=O) groups excluding carboxylic acids is 1. The van der Waals surface area contributed by atoms with Gasteiger partial charge in [-0.25, -0.2) is 4.98 Å². The second-order valence-corrected chi connectivity index (χ2v) is 3.77. The lowest BCUT2D eigenvalue weighted by molar-refractivity contribution is 0.112. The minimum atomic E-state index is 0.671. The Morgan fingerprint density at radius 2 is 2.13 bits per heavy atom. The van der Waals surface area contributed by atoms with E-state index in [4.69, 9.17) is 0 Å². The number of pyridine rings is 1. The fraction of sp³-hybridized carbons (Fsp3) is 0.333. The highest BCUT2D eigenvalue weighted by Gasteiger charge is 2.16. The molecule has 1 aromatic heterocycles. The van der Waals surface area contributed by atoms with Crippen molar-refractivity contribution in [2.24, 2.45) is 0 Å². The molecule has 2 heterocycles. The summed E-state index contributed by atoms with van der Waals surface area (Å²) < 4.78 is 0. The maximum absolute atomic E-state index is 10.9. The predicted molar refractivity (Wildman–Crippen MR) is 60.2 cm³/mol. The number of carbonyl (C=O) groups is 1. The second kappa shape index (κ2) is 4.26. The highest BCUT2D eigenvalue weighted by Crippen LogP contribution is 2.21. The molecule has 2 rings (SSSR count). The molecule has 0 unspecified atom stereocenters. The van der Waals surface area contributed by atoms with Gasteiger partial charge in [0.05, 0.1) is 5.56 Å². The molecule has 3 nitrogen and oxygen atoms in total. The highest BCUT2D eigenvalue weighted by atomic mass is 16.1. The van der Waals surface area contributed by atoms with Crippen molar-refractivity contribution in [3.05, 3.63) is 36.0 Å². The molecular weight excluding hydrogens is 188 g/mol. The van der Waals surface area contributed by atoms with Crippen LogP contribution in [-0.2, 0) is 0 Å². The number of nitrogens with zero attached hydrogens (tertiary/aromatic N) is 2. The first kappa shape index (κ1) is 9.90. The van der Waals surface area contributed by atoms with Gasteiger partial charge in [0.15, 0.2) is 6.29 Å². The van der Waals surface area contributed by atoms with Gasteiger partial charge < -0.3 is 4.90 Å². The molecule has 1 fully saturated rings. The zero-order valence-corrected chi connectivity index (χ0v) is 8.65. The Hall–Kier alpha value is -1.64. The fourth-order valence-corrected chi connectivity index (χ4v) is 1.80. The molecule has 0 N–H and O–H groups in total. The monoisotopic (exact) mass is 202 g/mol. The van der Waals surface area contributed by atoms with Crippen molar-refractivity contribution < 1.29 is 4.79 Å². The molecule has 1 saturated heterocycles. The Kier molecular flexibility index (Phi) is 2.81. The van der Waals surface area contributed by atoms with E-state index >= 15 is 0 Å². The summed E-state index contributed by atoms with van der Waals surface area (Å²) in [5.74, 6) is 0.806. The molecule has 15 heavy (non-hydrogen) atoms. The summed E-state index contributed by atoms with van der Waals surface area (Å²) in [6.45, 7) is 5.80. The molecule has 0 saturated carbocycles. The van der Waals surface area contributed by atoms with Crippen molar-refractivity contribution in [2.45, 2.75) is 12.8 Å². The third-order valence-corrected chi connectivity index (χ3v) is 2.71. The van der Waals surface area contributed by atoms with Gasteiger partial charge in [0.2, 0.25) is 0 Å². The van der Waals surface area contributed by atoms with E-state index in [9.17, 15) is 4.79 Å². The van der Waals surface area contributed by atoms with Crippen LogP contribution in [-0.4, -0.2) is 24.4 Å². The number of aldehydes is 1. The van der Waals surface area contributed by atoms with Crippen LogP contribution in [0.25, 0.3) is 0 Å². The van der Waals surface area contributed by atoms with E-state index in [2.05, 4.69) is 16.5 Å². The van der Waals surface area contributed by atoms with Crippen LogP contribution in [0.2, 0.25) is 0 Å². The third-order valence-electron chi connectivity index (χ3n) is 2.71. The molecule has 1 aliphatic rings.